The summed E-state index contributed by atoms with van der Waals surface area (Å²) in [6.45, 7) is 2.13. The molecule has 5 nitrogen and oxygen atoms in total. The average Bonchev–Trinajstić information content (AvgIpc) is 2.26. The van der Waals surface area contributed by atoms with Crippen molar-refractivity contribution in [3.8, 4) is 0 Å². The van der Waals surface area contributed by atoms with Crippen LogP contribution in [0.1, 0.15) is 0 Å². The maximum atomic E-state index is 11.6. The van der Waals surface area contributed by atoms with Crippen LogP contribution in [0.25, 0.3) is 0 Å². The number of nitrogens with one attached hydrogen (secondary N) is 1. The highest BCUT2D eigenvalue weighted by Gasteiger charge is 2.27. The smallest absolute Gasteiger partial charge is 0.239 e. The molecular formula is C11H14BrN3O2. The number of anilines is 1. The number of amides is 1. The van der Waals surface area contributed by atoms with Gasteiger partial charge in [0.05, 0.1) is 6.54 Å². The molecule has 0 unspecified atom stereocenters. The van der Waals surface area contributed by atoms with Gasteiger partial charge >= 0.3 is 0 Å². The molecule has 1 aromatic rings. The molecule has 0 aliphatic carbocycles. The number of hydrogen-bond donors (Lipinski definition) is 2. The molecule has 0 bridgehead atoms. The van der Waals surface area contributed by atoms with Crippen LogP contribution < -0.4 is 5.32 Å². The second-order valence-electron chi connectivity index (χ2n) is 4.15. The third kappa shape index (κ3) is 3.49. The molecule has 0 saturated carbocycles. The van der Waals surface area contributed by atoms with E-state index in [1.807, 2.05) is 11.0 Å². The Hall–Kier alpha value is -0.980. The Balaban J connectivity index is 1.76. The largest absolute Gasteiger partial charge is 0.396 e. The maximum Gasteiger partial charge on any atom is 0.239 e. The van der Waals surface area contributed by atoms with Gasteiger partial charge in [-0.25, -0.2) is 4.98 Å². The maximum absolute atomic E-state index is 11.6. The predicted octanol–water partition coefficient (Wildman–Crippen LogP) is 0.707. The van der Waals surface area contributed by atoms with E-state index in [0.717, 1.165) is 17.6 Å². The fourth-order valence-electron chi connectivity index (χ4n) is 1.76. The van der Waals surface area contributed by atoms with Crippen molar-refractivity contribution in [2.75, 3.05) is 31.6 Å². The molecule has 17 heavy (non-hydrogen) atoms. The Bertz CT molecular complexity index is 390. The van der Waals surface area contributed by atoms with Gasteiger partial charge in [0.1, 0.15) is 5.82 Å². The number of aromatic nitrogens is 1. The van der Waals surface area contributed by atoms with Crippen molar-refractivity contribution >= 4 is 27.7 Å². The number of rotatable bonds is 4. The molecule has 0 atom stereocenters. The molecule has 2 N–H and O–H groups in total. The fourth-order valence-corrected chi connectivity index (χ4v) is 1.99. The minimum atomic E-state index is -0.0730. The summed E-state index contributed by atoms with van der Waals surface area (Å²) in [7, 11) is 0. The zero-order valence-corrected chi connectivity index (χ0v) is 10.9. The number of nitrogens with zero attached hydrogens (tertiary/aromatic N) is 2. The van der Waals surface area contributed by atoms with Crippen LogP contribution >= 0.6 is 15.9 Å². The summed E-state index contributed by atoms with van der Waals surface area (Å²) in [4.78, 5) is 17.7. The van der Waals surface area contributed by atoms with Crippen LogP contribution in [0.5, 0.6) is 0 Å². The number of carbonyl (C=O) groups is 1. The van der Waals surface area contributed by atoms with Crippen molar-refractivity contribution in [1.82, 2.24) is 9.88 Å². The third-order valence-electron chi connectivity index (χ3n) is 2.65. The van der Waals surface area contributed by atoms with Gasteiger partial charge in [0.2, 0.25) is 5.91 Å². The molecule has 1 fully saturated rings. The van der Waals surface area contributed by atoms with Crippen LogP contribution in [0.3, 0.4) is 0 Å². The van der Waals surface area contributed by atoms with Gasteiger partial charge in [0, 0.05) is 36.3 Å². The monoisotopic (exact) mass is 299 g/mol. The molecule has 1 aliphatic heterocycles. The SMILES string of the molecule is O=C(CN1CC(CO)C1)Nc1ccc(Br)cn1. The van der Waals surface area contributed by atoms with Crippen LogP contribution in [0.4, 0.5) is 5.82 Å². The predicted molar refractivity (Wildman–Crippen MR) is 67.6 cm³/mol. The van der Waals surface area contributed by atoms with Crippen molar-refractivity contribution in [1.29, 1.82) is 0 Å². The lowest BCUT2D eigenvalue weighted by Gasteiger charge is -2.37. The standard InChI is InChI=1S/C11H14BrN3O2/c12-9-1-2-10(13-3-9)14-11(17)6-15-4-8(5-15)7-16/h1-3,8,16H,4-7H2,(H,13,14,17). The average molecular weight is 300 g/mol. The van der Waals surface area contributed by atoms with E-state index in [-0.39, 0.29) is 12.5 Å². The minimum absolute atomic E-state index is 0.0730. The van der Waals surface area contributed by atoms with Crippen molar-refractivity contribution in [2.45, 2.75) is 0 Å². The highest BCUT2D eigenvalue weighted by atomic mass is 79.9. The fraction of sp³-hybridized carbons (Fsp3) is 0.455. The van der Waals surface area contributed by atoms with E-state index in [2.05, 4.69) is 26.2 Å². The number of pyridine rings is 1. The lowest BCUT2D eigenvalue weighted by Crippen LogP contribution is -2.51. The van der Waals surface area contributed by atoms with Gasteiger partial charge < -0.3 is 10.4 Å². The van der Waals surface area contributed by atoms with Gasteiger partial charge in [-0.3, -0.25) is 9.69 Å². The lowest BCUT2D eigenvalue weighted by atomic mass is 10.0. The van der Waals surface area contributed by atoms with E-state index in [1.165, 1.54) is 0 Å². The first-order chi connectivity index (χ1) is 8.17. The molecule has 1 aromatic heterocycles. The van der Waals surface area contributed by atoms with Gasteiger partial charge in [-0.1, -0.05) is 0 Å². The Morgan fingerprint density at radius 3 is 2.94 bits per heavy atom. The Morgan fingerprint density at radius 1 is 1.59 bits per heavy atom. The van der Waals surface area contributed by atoms with Gasteiger partial charge in [-0.05, 0) is 28.1 Å². The molecule has 0 radical (unpaired) electrons. The molecule has 92 valence electrons. The van der Waals surface area contributed by atoms with Gasteiger partial charge in [-0.2, -0.15) is 0 Å². The van der Waals surface area contributed by atoms with Crippen LogP contribution in [0, 0.1) is 5.92 Å². The zero-order valence-electron chi connectivity index (χ0n) is 9.27. The second kappa shape index (κ2) is 5.57. The molecule has 6 heteroatoms. The van der Waals surface area contributed by atoms with Crippen LogP contribution in [-0.2, 0) is 4.79 Å². The van der Waals surface area contributed by atoms with E-state index in [9.17, 15) is 4.79 Å². The van der Waals surface area contributed by atoms with Crippen molar-refractivity contribution in [3.05, 3.63) is 22.8 Å². The summed E-state index contributed by atoms with van der Waals surface area (Å²) in [6.07, 6.45) is 1.64. The summed E-state index contributed by atoms with van der Waals surface area (Å²) in [5.41, 5.74) is 0. The number of halogens is 1. The topological polar surface area (TPSA) is 65.5 Å². The first kappa shape index (κ1) is 12.5. The van der Waals surface area contributed by atoms with Crippen molar-refractivity contribution in [3.63, 3.8) is 0 Å². The Morgan fingerprint density at radius 2 is 2.35 bits per heavy atom. The Labute approximate surface area is 108 Å². The molecular weight excluding hydrogens is 286 g/mol. The number of aliphatic hydroxyl groups is 1. The van der Waals surface area contributed by atoms with Gasteiger partial charge in [0.15, 0.2) is 0 Å². The molecule has 1 amide bonds. The van der Waals surface area contributed by atoms with E-state index in [0.29, 0.717) is 18.3 Å². The summed E-state index contributed by atoms with van der Waals surface area (Å²) in [6, 6.07) is 3.57. The highest BCUT2D eigenvalue weighted by molar-refractivity contribution is 9.10. The van der Waals surface area contributed by atoms with Gasteiger partial charge in [-0.15, -0.1) is 0 Å². The lowest BCUT2D eigenvalue weighted by molar-refractivity contribution is -0.119. The molecule has 1 saturated heterocycles. The van der Waals surface area contributed by atoms with E-state index in [4.69, 9.17) is 5.11 Å². The number of aliphatic hydroxyl groups excluding tert-OH is 1. The van der Waals surface area contributed by atoms with Crippen LogP contribution in [0.2, 0.25) is 0 Å². The number of carbonyl (C=O) groups excluding carboxylic acids is 1. The quantitative estimate of drug-likeness (QED) is 0.859. The first-order valence-corrected chi connectivity index (χ1v) is 6.21. The highest BCUT2D eigenvalue weighted by Crippen LogP contribution is 2.14. The number of likely N-dealkylation sites (tertiary alicyclic amines) is 1. The van der Waals surface area contributed by atoms with E-state index in [1.54, 1.807) is 12.3 Å². The zero-order chi connectivity index (χ0) is 12.3. The Kier molecular flexibility index (Phi) is 4.09. The number of hydrogen-bond acceptors (Lipinski definition) is 4. The molecule has 0 aromatic carbocycles. The van der Waals surface area contributed by atoms with Crippen LogP contribution in [0.15, 0.2) is 22.8 Å². The van der Waals surface area contributed by atoms with Crippen molar-refractivity contribution < 1.29 is 9.90 Å². The van der Waals surface area contributed by atoms with E-state index >= 15 is 0 Å². The summed E-state index contributed by atoms with van der Waals surface area (Å²) >= 11 is 3.28. The van der Waals surface area contributed by atoms with Crippen molar-refractivity contribution in [2.24, 2.45) is 5.92 Å². The van der Waals surface area contributed by atoms with E-state index < -0.39 is 0 Å². The summed E-state index contributed by atoms with van der Waals surface area (Å²) in [5, 5.41) is 11.6. The molecule has 1 aliphatic rings. The first-order valence-electron chi connectivity index (χ1n) is 5.42. The normalized spacial score (nSPS) is 16.6. The molecule has 0 spiro atoms. The van der Waals surface area contributed by atoms with Crippen LogP contribution in [-0.4, -0.2) is 47.1 Å². The minimum Gasteiger partial charge on any atom is -0.396 e. The molecule has 2 heterocycles. The third-order valence-corrected chi connectivity index (χ3v) is 3.12. The van der Waals surface area contributed by atoms with Gasteiger partial charge in [0.25, 0.3) is 0 Å². The summed E-state index contributed by atoms with van der Waals surface area (Å²) in [5.74, 6) is 0.808. The second-order valence-corrected chi connectivity index (χ2v) is 5.07. The summed E-state index contributed by atoms with van der Waals surface area (Å²) < 4.78 is 0.879. The molecule has 2 rings (SSSR count).